The second kappa shape index (κ2) is 6.36. The van der Waals surface area contributed by atoms with Crippen molar-refractivity contribution in [2.45, 2.75) is 25.7 Å². The van der Waals surface area contributed by atoms with E-state index in [1.54, 1.807) is 0 Å². The van der Waals surface area contributed by atoms with Crippen LogP contribution in [-0.4, -0.2) is 6.54 Å². The summed E-state index contributed by atoms with van der Waals surface area (Å²) in [6.45, 7) is 2.86. The molecule has 0 heterocycles. The smallest absolute Gasteiger partial charge is 0.0212 e. The highest BCUT2D eigenvalue weighted by atomic mass is 14.5. The number of aryl methyl sites for hydroxylation is 1. The molecule has 0 saturated heterocycles. The third-order valence-electron chi connectivity index (χ3n) is 3.36. The first-order chi connectivity index (χ1) is 8.85. The van der Waals surface area contributed by atoms with Gasteiger partial charge in [0.1, 0.15) is 0 Å². The summed E-state index contributed by atoms with van der Waals surface area (Å²) in [5.41, 5.74) is 9.94. The third-order valence-corrected chi connectivity index (χ3v) is 3.36. The minimum Gasteiger partial charge on any atom is -0.330 e. The lowest BCUT2D eigenvalue weighted by Gasteiger charge is -2.16. The van der Waals surface area contributed by atoms with Crippen LogP contribution >= 0.6 is 0 Å². The van der Waals surface area contributed by atoms with Crippen molar-refractivity contribution in [2.24, 2.45) is 5.73 Å². The van der Waals surface area contributed by atoms with Crippen LogP contribution in [0.15, 0.2) is 54.6 Å². The van der Waals surface area contributed by atoms with Crippen LogP contribution in [0.2, 0.25) is 0 Å². The number of hydrogen-bond acceptors (Lipinski definition) is 1. The normalized spacial score (nSPS) is 12.3. The van der Waals surface area contributed by atoms with Crippen LogP contribution in [0.5, 0.6) is 0 Å². The summed E-state index contributed by atoms with van der Waals surface area (Å²) in [6.07, 6.45) is 2.34. The summed E-state index contributed by atoms with van der Waals surface area (Å²) in [6, 6.07) is 19.4. The van der Waals surface area contributed by atoms with Crippen LogP contribution in [0.3, 0.4) is 0 Å². The molecule has 1 atom stereocenters. The van der Waals surface area contributed by atoms with Crippen molar-refractivity contribution in [1.29, 1.82) is 0 Å². The van der Waals surface area contributed by atoms with E-state index in [4.69, 9.17) is 5.73 Å². The lowest BCUT2D eigenvalue weighted by atomic mass is 9.90. The second-order valence-electron chi connectivity index (χ2n) is 4.69. The molecule has 0 aliphatic carbocycles. The molecular formula is C17H21N. The van der Waals surface area contributed by atoms with Crippen LogP contribution in [0.4, 0.5) is 0 Å². The van der Waals surface area contributed by atoms with Gasteiger partial charge in [-0.05, 0) is 23.1 Å². The molecule has 18 heavy (non-hydrogen) atoms. The van der Waals surface area contributed by atoms with Gasteiger partial charge < -0.3 is 5.73 Å². The van der Waals surface area contributed by atoms with Gasteiger partial charge in [0.15, 0.2) is 0 Å². The Labute approximate surface area is 110 Å². The molecular weight excluding hydrogens is 218 g/mol. The summed E-state index contributed by atoms with van der Waals surface area (Å²) in [5, 5.41) is 0. The second-order valence-corrected chi connectivity index (χ2v) is 4.69. The van der Waals surface area contributed by atoms with Gasteiger partial charge in [-0.15, -0.1) is 0 Å². The molecule has 0 aliphatic heterocycles. The highest BCUT2D eigenvalue weighted by Crippen LogP contribution is 2.23. The standard InChI is InChI=1S/C17H21N/c1-2-6-14-9-11-16(12-10-14)17(13-18)15-7-4-3-5-8-15/h3-5,7-12,17H,2,6,13,18H2,1H3. The zero-order valence-corrected chi connectivity index (χ0v) is 11.0. The molecule has 0 fully saturated rings. The maximum Gasteiger partial charge on any atom is 0.0212 e. The van der Waals surface area contributed by atoms with Gasteiger partial charge in [-0.25, -0.2) is 0 Å². The molecule has 2 N–H and O–H groups in total. The molecule has 2 aromatic rings. The van der Waals surface area contributed by atoms with E-state index in [9.17, 15) is 0 Å². The molecule has 0 amide bonds. The number of nitrogens with two attached hydrogens (primary N) is 1. The van der Waals surface area contributed by atoms with Crippen LogP contribution in [0.1, 0.15) is 36.0 Å². The maximum absolute atomic E-state index is 5.93. The van der Waals surface area contributed by atoms with Gasteiger partial charge in [-0.3, -0.25) is 0 Å². The van der Waals surface area contributed by atoms with Gasteiger partial charge in [0.2, 0.25) is 0 Å². The first kappa shape index (κ1) is 12.8. The van der Waals surface area contributed by atoms with E-state index in [0.717, 1.165) is 6.42 Å². The Morgan fingerprint density at radius 2 is 1.50 bits per heavy atom. The van der Waals surface area contributed by atoms with Gasteiger partial charge >= 0.3 is 0 Å². The van der Waals surface area contributed by atoms with Crippen molar-refractivity contribution < 1.29 is 0 Å². The fourth-order valence-corrected chi connectivity index (χ4v) is 2.36. The van der Waals surface area contributed by atoms with Crippen molar-refractivity contribution in [1.82, 2.24) is 0 Å². The summed E-state index contributed by atoms with van der Waals surface area (Å²) < 4.78 is 0. The van der Waals surface area contributed by atoms with E-state index >= 15 is 0 Å². The lowest BCUT2D eigenvalue weighted by molar-refractivity contribution is 0.817. The van der Waals surface area contributed by atoms with Gasteiger partial charge in [-0.2, -0.15) is 0 Å². The van der Waals surface area contributed by atoms with Crippen molar-refractivity contribution in [3.63, 3.8) is 0 Å². The Morgan fingerprint density at radius 3 is 2.06 bits per heavy atom. The SMILES string of the molecule is CCCc1ccc(C(CN)c2ccccc2)cc1. The predicted molar refractivity (Wildman–Crippen MR) is 77.8 cm³/mol. The first-order valence-corrected chi connectivity index (χ1v) is 6.69. The van der Waals surface area contributed by atoms with Gasteiger partial charge in [-0.1, -0.05) is 67.9 Å². The van der Waals surface area contributed by atoms with Crippen molar-refractivity contribution in [3.05, 3.63) is 71.3 Å². The minimum atomic E-state index is 0.307. The fourth-order valence-electron chi connectivity index (χ4n) is 2.36. The Balaban J connectivity index is 2.23. The van der Waals surface area contributed by atoms with Crippen LogP contribution in [0, 0.1) is 0 Å². The van der Waals surface area contributed by atoms with E-state index in [1.165, 1.54) is 23.1 Å². The van der Waals surface area contributed by atoms with Crippen molar-refractivity contribution >= 4 is 0 Å². The van der Waals surface area contributed by atoms with Crippen LogP contribution in [-0.2, 0) is 6.42 Å². The molecule has 0 radical (unpaired) electrons. The van der Waals surface area contributed by atoms with Gasteiger partial charge in [0, 0.05) is 12.5 Å². The van der Waals surface area contributed by atoms with Crippen LogP contribution in [0.25, 0.3) is 0 Å². The molecule has 2 rings (SSSR count). The Kier molecular flexibility index (Phi) is 4.54. The highest BCUT2D eigenvalue weighted by Gasteiger charge is 2.11. The lowest BCUT2D eigenvalue weighted by Crippen LogP contribution is -2.13. The molecule has 0 bridgehead atoms. The number of benzene rings is 2. The molecule has 0 aromatic heterocycles. The summed E-state index contributed by atoms with van der Waals surface area (Å²) in [5.74, 6) is 0.307. The zero-order chi connectivity index (χ0) is 12.8. The molecule has 0 aliphatic rings. The molecule has 1 unspecified atom stereocenters. The van der Waals surface area contributed by atoms with Crippen molar-refractivity contribution in [2.75, 3.05) is 6.54 Å². The first-order valence-electron chi connectivity index (χ1n) is 6.69. The average molecular weight is 239 g/mol. The maximum atomic E-state index is 5.93. The largest absolute Gasteiger partial charge is 0.330 e. The van der Waals surface area contributed by atoms with Crippen LogP contribution < -0.4 is 5.73 Å². The quantitative estimate of drug-likeness (QED) is 0.845. The van der Waals surface area contributed by atoms with E-state index in [-0.39, 0.29) is 0 Å². The Morgan fingerprint density at radius 1 is 0.889 bits per heavy atom. The van der Waals surface area contributed by atoms with E-state index in [2.05, 4.69) is 55.5 Å². The summed E-state index contributed by atoms with van der Waals surface area (Å²) >= 11 is 0. The molecule has 0 spiro atoms. The van der Waals surface area contributed by atoms with Gasteiger partial charge in [0.05, 0.1) is 0 Å². The van der Waals surface area contributed by atoms with E-state index < -0.39 is 0 Å². The number of hydrogen-bond donors (Lipinski definition) is 1. The van der Waals surface area contributed by atoms with E-state index in [0.29, 0.717) is 12.5 Å². The fraction of sp³-hybridized carbons (Fsp3) is 0.294. The molecule has 1 nitrogen and oxygen atoms in total. The Bertz CT molecular complexity index is 459. The molecule has 2 aromatic carbocycles. The third kappa shape index (κ3) is 2.99. The molecule has 0 saturated carbocycles. The predicted octanol–water partition coefficient (Wildman–Crippen LogP) is 3.73. The molecule has 1 heteroatoms. The highest BCUT2D eigenvalue weighted by molar-refractivity contribution is 5.34. The topological polar surface area (TPSA) is 26.0 Å². The van der Waals surface area contributed by atoms with Crippen molar-refractivity contribution in [3.8, 4) is 0 Å². The average Bonchev–Trinajstić information content (AvgIpc) is 2.43. The summed E-state index contributed by atoms with van der Waals surface area (Å²) in [7, 11) is 0. The number of rotatable bonds is 5. The summed E-state index contributed by atoms with van der Waals surface area (Å²) in [4.78, 5) is 0. The minimum absolute atomic E-state index is 0.307. The monoisotopic (exact) mass is 239 g/mol. The van der Waals surface area contributed by atoms with E-state index in [1.807, 2.05) is 6.07 Å². The van der Waals surface area contributed by atoms with Gasteiger partial charge in [0.25, 0.3) is 0 Å². The zero-order valence-electron chi connectivity index (χ0n) is 11.0. The Hall–Kier alpha value is -1.60. The molecule has 94 valence electrons.